The van der Waals surface area contributed by atoms with Crippen molar-refractivity contribution in [1.82, 2.24) is 30.5 Å². The second-order valence-corrected chi connectivity index (χ2v) is 6.60. The molecule has 8 heteroatoms. The zero-order valence-electron chi connectivity index (χ0n) is 14.6. The molecule has 0 aliphatic heterocycles. The molecule has 0 spiro atoms. The van der Waals surface area contributed by atoms with Crippen molar-refractivity contribution in [2.75, 3.05) is 6.54 Å². The van der Waals surface area contributed by atoms with E-state index in [1.165, 1.54) is 0 Å². The van der Waals surface area contributed by atoms with Crippen LogP contribution in [0.2, 0.25) is 5.02 Å². The number of aromatic amines is 1. The average Bonchev–Trinajstić information content (AvgIpc) is 3.27. The predicted molar refractivity (Wildman–Crippen MR) is 103 cm³/mol. The summed E-state index contributed by atoms with van der Waals surface area (Å²) in [6, 6.07) is 13.0. The van der Waals surface area contributed by atoms with Crippen molar-refractivity contribution in [2.45, 2.75) is 13.3 Å². The van der Waals surface area contributed by atoms with Gasteiger partial charge >= 0.3 is 0 Å². The van der Waals surface area contributed by atoms with E-state index >= 15 is 0 Å². The standard InChI is InChI=1S/C19H17ClN6O/c1-12-23-24-25-26(12)18-5-3-2-4-15(18)19(27)21-9-8-13-11-22-17-7-6-14(20)10-16(13)17/h2-7,10-11,22H,8-9H2,1H3,(H,21,27). The van der Waals surface area contributed by atoms with E-state index < -0.39 is 0 Å². The number of halogens is 1. The maximum atomic E-state index is 12.7. The number of para-hydroxylation sites is 1. The first kappa shape index (κ1) is 17.2. The fourth-order valence-corrected chi connectivity index (χ4v) is 3.24. The van der Waals surface area contributed by atoms with Crippen molar-refractivity contribution < 1.29 is 4.79 Å². The van der Waals surface area contributed by atoms with Crippen molar-refractivity contribution in [3.63, 3.8) is 0 Å². The molecule has 0 bridgehead atoms. The first-order valence-corrected chi connectivity index (χ1v) is 8.89. The molecule has 2 heterocycles. The molecule has 0 aliphatic rings. The Morgan fingerprint density at radius 1 is 1.26 bits per heavy atom. The lowest BCUT2D eigenvalue weighted by atomic mass is 10.1. The number of nitrogens with zero attached hydrogens (tertiary/aromatic N) is 4. The predicted octanol–water partition coefficient (Wildman–Crippen LogP) is 3.08. The van der Waals surface area contributed by atoms with Crippen LogP contribution in [-0.2, 0) is 6.42 Å². The van der Waals surface area contributed by atoms with Crippen LogP contribution in [0.3, 0.4) is 0 Å². The number of nitrogens with one attached hydrogen (secondary N) is 2. The summed E-state index contributed by atoms with van der Waals surface area (Å²) in [5.41, 5.74) is 3.31. The molecule has 2 aromatic carbocycles. The fraction of sp³-hybridized carbons (Fsp3) is 0.158. The Balaban J connectivity index is 1.49. The van der Waals surface area contributed by atoms with Crippen molar-refractivity contribution >= 4 is 28.4 Å². The third-order valence-electron chi connectivity index (χ3n) is 4.41. The van der Waals surface area contributed by atoms with Crippen LogP contribution >= 0.6 is 11.6 Å². The van der Waals surface area contributed by atoms with E-state index in [9.17, 15) is 4.79 Å². The summed E-state index contributed by atoms with van der Waals surface area (Å²) < 4.78 is 1.55. The van der Waals surface area contributed by atoms with Crippen molar-refractivity contribution in [3.05, 3.63) is 70.6 Å². The highest BCUT2D eigenvalue weighted by molar-refractivity contribution is 6.31. The highest BCUT2D eigenvalue weighted by Gasteiger charge is 2.15. The smallest absolute Gasteiger partial charge is 0.253 e. The summed E-state index contributed by atoms with van der Waals surface area (Å²) in [6.45, 7) is 2.29. The second kappa shape index (κ2) is 7.20. The summed E-state index contributed by atoms with van der Waals surface area (Å²) in [5, 5.41) is 16.2. The lowest BCUT2D eigenvalue weighted by Crippen LogP contribution is -2.27. The van der Waals surface area contributed by atoms with Gasteiger partial charge in [-0.05, 0) is 59.7 Å². The van der Waals surface area contributed by atoms with Crippen molar-refractivity contribution in [1.29, 1.82) is 0 Å². The Labute approximate surface area is 160 Å². The second-order valence-electron chi connectivity index (χ2n) is 6.16. The molecule has 0 saturated heterocycles. The third-order valence-corrected chi connectivity index (χ3v) is 4.65. The largest absolute Gasteiger partial charge is 0.361 e. The van der Waals surface area contributed by atoms with Crippen molar-refractivity contribution in [2.24, 2.45) is 0 Å². The number of aromatic nitrogens is 5. The van der Waals surface area contributed by atoms with Crippen LogP contribution < -0.4 is 5.32 Å². The summed E-state index contributed by atoms with van der Waals surface area (Å²) in [6.07, 6.45) is 2.64. The zero-order chi connectivity index (χ0) is 18.8. The maximum absolute atomic E-state index is 12.7. The first-order chi connectivity index (χ1) is 13.1. The maximum Gasteiger partial charge on any atom is 0.253 e. The van der Waals surface area contributed by atoms with Gasteiger partial charge in [0.25, 0.3) is 5.91 Å². The molecule has 0 aliphatic carbocycles. The van der Waals surface area contributed by atoms with E-state index in [2.05, 4.69) is 25.8 Å². The molecule has 27 heavy (non-hydrogen) atoms. The van der Waals surface area contributed by atoms with Gasteiger partial charge in [-0.1, -0.05) is 23.7 Å². The van der Waals surface area contributed by atoms with Crippen molar-refractivity contribution in [3.8, 4) is 5.69 Å². The minimum Gasteiger partial charge on any atom is -0.361 e. The number of carbonyl (C=O) groups is 1. The normalized spacial score (nSPS) is 11.0. The molecular formula is C19H17ClN6O. The summed E-state index contributed by atoms with van der Waals surface area (Å²) in [7, 11) is 0. The van der Waals surface area contributed by atoms with Gasteiger partial charge in [-0.2, -0.15) is 4.68 Å². The number of aryl methyl sites for hydroxylation is 1. The molecule has 0 radical (unpaired) electrons. The van der Waals surface area contributed by atoms with Crippen LogP contribution in [-0.4, -0.2) is 37.6 Å². The molecule has 1 amide bonds. The number of fused-ring (bicyclic) bond motifs is 1. The van der Waals surface area contributed by atoms with Crippen LogP contribution in [0.25, 0.3) is 16.6 Å². The summed E-state index contributed by atoms with van der Waals surface area (Å²) in [5.74, 6) is 0.448. The van der Waals surface area contributed by atoms with Gasteiger partial charge in [0.15, 0.2) is 5.82 Å². The molecule has 0 atom stereocenters. The van der Waals surface area contributed by atoms with Gasteiger partial charge in [-0.15, -0.1) is 5.10 Å². The SMILES string of the molecule is Cc1nnnn1-c1ccccc1C(=O)NCCc1c[nH]c2ccc(Cl)cc12. The Morgan fingerprint density at radius 3 is 2.93 bits per heavy atom. The molecule has 4 rings (SSSR count). The number of hydrogen-bond donors (Lipinski definition) is 2. The van der Waals surface area contributed by atoms with E-state index in [1.54, 1.807) is 17.7 Å². The molecule has 0 fully saturated rings. The Bertz CT molecular complexity index is 1120. The molecule has 4 aromatic rings. The highest BCUT2D eigenvalue weighted by Crippen LogP contribution is 2.22. The highest BCUT2D eigenvalue weighted by atomic mass is 35.5. The quantitative estimate of drug-likeness (QED) is 0.557. The van der Waals surface area contributed by atoms with Crippen LogP contribution in [0.4, 0.5) is 0 Å². The Morgan fingerprint density at radius 2 is 2.11 bits per heavy atom. The Hall–Kier alpha value is -3.19. The van der Waals surface area contributed by atoms with Gasteiger partial charge in [0.1, 0.15) is 0 Å². The minimum atomic E-state index is -0.168. The van der Waals surface area contributed by atoms with E-state index in [0.29, 0.717) is 35.1 Å². The van der Waals surface area contributed by atoms with Crippen LogP contribution in [0.1, 0.15) is 21.7 Å². The topological polar surface area (TPSA) is 88.5 Å². The fourth-order valence-electron chi connectivity index (χ4n) is 3.07. The number of tetrazole rings is 1. The van der Waals surface area contributed by atoms with E-state index in [0.717, 1.165) is 16.5 Å². The molecule has 0 unspecified atom stereocenters. The Kier molecular flexibility index (Phi) is 4.60. The molecular weight excluding hydrogens is 364 g/mol. The number of rotatable bonds is 5. The number of carbonyl (C=O) groups excluding carboxylic acids is 1. The summed E-state index contributed by atoms with van der Waals surface area (Å²) in [4.78, 5) is 15.9. The monoisotopic (exact) mass is 380 g/mol. The first-order valence-electron chi connectivity index (χ1n) is 8.51. The van der Waals surface area contributed by atoms with Gasteiger partial charge < -0.3 is 10.3 Å². The van der Waals surface area contributed by atoms with Gasteiger partial charge in [-0.3, -0.25) is 4.79 Å². The number of hydrogen-bond acceptors (Lipinski definition) is 4. The van der Waals surface area contributed by atoms with Crippen LogP contribution in [0, 0.1) is 6.92 Å². The minimum absolute atomic E-state index is 0.168. The number of H-pyrrole nitrogens is 1. The number of benzene rings is 2. The van der Waals surface area contributed by atoms with E-state index in [4.69, 9.17) is 11.6 Å². The van der Waals surface area contributed by atoms with Crippen LogP contribution in [0.5, 0.6) is 0 Å². The molecule has 0 saturated carbocycles. The lowest BCUT2D eigenvalue weighted by Gasteiger charge is -2.10. The van der Waals surface area contributed by atoms with E-state index in [-0.39, 0.29) is 5.91 Å². The summed E-state index contributed by atoms with van der Waals surface area (Å²) >= 11 is 6.09. The number of amides is 1. The van der Waals surface area contributed by atoms with Gasteiger partial charge in [0.2, 0.25) is 0 Å². The third kappa shape index (κ3) is 3.41. The van der Waals surface area contributed by atoms with Gasteiger partial charge in [0.05, 0.1) is 11.3 Å². The molecule has 136 valence electrons. The van der Waals surface area contributed by atoms with Gasteiger partial charge in [-0.25, -0.2) is 0 Å². The van der Waals surface area contributed by atoms with Crippen LogP contribution in [0.15, 0.2) is 48.7 Å². The average molecular weight is 381 g/mol. The van der Waals surface area contributed by atoms with E-state index in [1.807, 2.05) is 42.6 Å². The molecule has 7 nitrogen and oxygen atoms in total. The zero-order valence-corrected chi connectivity index (χ0v) is 15.4. The lowest BCUT2D eigenvalue weighted by molar-refractivity contribution is 0.0954. The molecule has 2 N–H and O–H groups in total. The van der Waals surface area contributed by atoms with Gasteiger partial charge in [0, 0.05) is 28.7 Å². The molecule has 2 aromatic heterocycles.